The topological polar surface area (TPSA) is 58.6 Å². The van der Waals surface area contributed by atoms with Crippen LogP contribution in [-0.2, 0) is 10.2 Å². The number of nitrogens with one attached hydrogen (secondary N) is 1. The first kappa shape index (κ1) is 11.9. The highest BCUT2D eigenvalue weighted by atomic mass is 16.5. The predicted octanol–water partition coefficient (Wildman–Crippen LogP) is 1.26. The van der Waals surface area contributed by atoms with Crippen molar-refractivity contribution >= 4 is 5.97 Å². The molecule has 4 heteroatoms. The monoisotopic (exact) mass is 235 g/mol. The van der Waals surface area contributed by atoms with Crippen LogP contribution >= 0.6 is 0 Å². The Kier molecular flexibility index (Phi) is 3.07. The molecule has 1 fully saturated rings. The number of hydrogen-bond donors (Lipinski definition) is 2. The molecule has 1 aromatic rings. The molecule has 92 valence electrons. The fourth-order valence-electron chi connectivity index (χ4n) is 2.46. The largest absolute Gasteiger partial charge is 0.497 e. The van der Waals surface area contributed by atoms with Crippen LogP contribution in [-0.4, -0.2) is 31.3 Å². The zero-order valence-electron chi connectivity index (χ0n) is 10.1. The molecule has 2 atom stereocenters. The first-order valence-corrected chi connectivity index (χ1v) is 5.66. The summed E-state index contributed by atoms with van der Waals surface area (Å²) in [5.41, 5.74) is 0.689. The van der Waals surface area contributed by atoms with Crippen molar-refractivity contribution in [2.24, 2.45) is 5.92 Å². The molecule has 2 N–H and O–H groups in total. The maximum absolute atomic E-state index is 11.2. The molecule has 1 aliphatic rings. The molecule has 1 saturated heterocycles. The summed E-state index contributed by atoms with van der Waals surface area (Å²) >= 11 is 0. The van der Waals surface area contributed by atoms with Gasteiger partial charge < -0.3 is 15.2 Å². The first-order valence-electron chi connectivity index (χ1n) is 5.66. The van der Waals surface area contributed by atoms with Crippen LogP contribution in [0.1, 0.15) is 12.5 Å². The number of ether oxygens (including phenoxy) is 1. The van der Waals surface area contributed by atoms with E-state index in [-0.39, 0.29) is 11.3 Å². The fraction of sp³-hybridized carbons (Fsp3) is 0.462. The predicted molar refractivity (Wildman–Crippen MR) is 64.3 cm³/mol. The van der Waals surface area contributed by atoms with Gasteiger partial charge in [-0.05, 0) is 17.7 Å². The van der Waals surface area contributed by atoms with E-state index in [9.17, 15) is 9.90 Å². The number of methoxy groups -OCH3 is 1. The summed E-state index contributed by atoms with van der Waals surface area (Å²) < 4.78 is 5.11. The summed E-state index contributed by atoms with van der Waals surface area (Å²) in [6.45, 7) is 3.21. The van der Waals surface area contributed by atoms with Gasteiger partial charge in [0.2, 0.25) is 0 Å². The lowest BCUT2D eigenvalue weighted by atomic mass is 9.74. The Bertz CT molecular complexity index is 415. The van der Waals surface area contributed by atoms with Crippen LogP contribution in [0.25, 0.3) is 0 Å². The van der Waals surface area contributed by atoms with E-state index in [1.165, 1.54) is 0 Å². The Morgan fingerprint density at radius 1 is 1.47 bits per heavy atom. The maximum atomic E-state index is 11.2. The minimum Gasteiger partial charge on any atom is -0.497 e. The molecule has 0 radical (unpaired) electrons. The number of aliphatic carboxylic acids is 1. The van der Waals surface area contributed by atoms with Gasteiger partial charge in [-0.15, -0.1) is 0 Å². The molecular formula is C13H17NO3. The molecule has 0 saturated carbocycles. The highest BCUT2D eigenvalue weighted by molar-refractivity contribution is 5.73. The zero-order chi connectivity index (χ0) is 12.5. The number of hydrogen-bond acceptors (Lipinski definition) is 3. The number of rotatable bonds is 3. The van der Waals surface area contributed by atoms with Crippen LogP contribution in [0.5, 0.6) is 5.75 Å². The van der Waals surface area contributed by atoms with Gasteiger partial charge in [0.05, 0.1) is 13.0 Å². The number of carbonyl (C=O) groups is 1. The van der Waals surface area contributed by atoms with E-state index in [1.807, 2.05) is 31.2 Å². The van der Waals surface area contributed by atoms with Gasteiger partial charge in [0.15, 0.2) is 0 Å². The molecule has 0 amide bonds. The molecule has 1 heterocycles. The van der Waals surface area contributed by atoms with Gasteiger partial charge in [-0.25, -0.2) is 0 Å². The lowest BCUT2D eigenvalue weighted by molar-refractivity contribution is -0.142. The van der Waals surface area contributed by atoms with Crippen LogP contribution in [0.15, 0.2) is 24.3 Å². The van der Waals surface area contributed by atoms with Gasteiger partial charge in [-0.1, -0.05) is 19.1 Å². The van der Waals surface area contributed by atoms with Crippen molar-refractivity contribution in [3.63, 3.8) is 0 Å². The molecule has 0 bridgehead atoms. The second kappa shape index (κ2) is 4.37. The second-order valence-corrected chi connectivity index (χ2v) is 4.67. The molecule has 1 aromatic carbocycles. The summed E-state index contributed by atoms with van der Waals surface area (Å²) in [7, 11) is 1.62. The van der Waals surface area contributed by atoms with E-state index < -0.39 is 5.97 Å². The van der Waals surface area contributed by atoms with Crippen LogP contribution < -0.4 is 10.1 Å². The SMILES string of the molecule is COc1ccc(C2(C)CNCC2C(=O)O)cc1. The normalized spacial score (nSPS) is 28.0. The molecule has 2 rings (SSSR count). The number of carboxylic acid groups (broad SMARTS) is 1. The van der Waals surface area contributed by atoms with Crippen molar-refractivity contribution in [3.05, 3.63) is 29.8 Å². The summed E-state index contributed by atoms with van der Waals surface area (Å²) in [6, 6.07) is 7.64. The Labute approximate surface area is 101 Å². The van der Waals surface area contributed by atoms with E-state index in [2.05, 4.69) is 5.32 Å². The standard InChI is InChI=1S/C13H17NO3/c1-13(8-14-7-11(13)12(15)16)9-3-5-10(17-2)6-4-9/h3-6,11,14H,7-8H2,1-2H3,(H,15,16). The number of benzene rings is 1. The van der Waals surface area contributed by atoms with Gasteiger partial charge in [0.25, 0.3) is 0 Å². The third-order valence-corrected chi connectivity index (χ3v) is 3.66. The minimum atomic E-state index is -0.742. The Morgan fingerprint density at radius 3 is 2.65 bits per heavy atom. The molecule has 0 aliphatic carbocycles. The summed E-state index contributed by atoms with van der Waals surface area (Å²) in [5.74, 6) is -0.334. The minimum absolute atomic E-state index is 0.349. The highest BCUT2D eigenvalue weighted by Crippen LogP contribution is 2.36. The lowest BCUT2D eigenvalue weighted by Crippen LogP contribution is -2.36. The molecule has 17 heavy (non-hydrogen) atoms. The zero-order valence-corrected chi connectivity index (χ0v) is 10.1. The lowest BCUT2D eigenvalue weighted by Gasteiger charge is -2.28. The average Bonchev–Trinajstić information content (AvgIpc) is 2.73. The van der Waals surface area contributed by atoms with Crippen molar-refractivity contribution in [1.82, 2.24) is 5.32 Å². The Morgan fingerprint density at radius 2 is 2.12 bits per heavy atom. The molecule has 0 spiro atoms. The van der Waals surface area contributed by atoms with Gasteiger partial charge in [-0.3, -0.25) is 4.79 Å². The van der Waals surface area contributed by atoms with Crippen molar-refractivity contribution in [1.29, 1.82) is 0 Å². The Hall–Kier alpha value is -1.55. The molecule has 4 nitrogen and oxygen atoms in total. The fourth-order valence-corrected chi connectivity index (χ4v) is 2.46. The van der Waals surface area contributed by atoms with Crippen LogP contribution in [0.3, 0.4) is 0 Å². The molecule has 0 aromatic heterocycles. The van der Waals surface area contributed by atoms with E-state index in [1.54, 1.807) is 7.11 Å². The average molecular weight is 235 g/mol. The van der Waals surface area contributed by atoms with Crippen molar-refractivity contribution in [2.45, 2.75) is 12.3 Å². The van der Waals surface area contributed by atoms with Gasteiger partial charge in [0, 0.05) is 18.5 Å². The molecular weight excluding hydrogens is 218 g/mol. The van der Waals surface area contributed by atoms with E-state index >= 15 is 0 Å². The maximum Gasteiger partial charge on any atom is 0.308 e. The van der Waals surface area contributed by atoms with Gasteiger partial charge in [-0.2, -0.15) is 0 Å². The third kappa shape index (κ3) is 2.00. The van der Waals surface area contributed by atoms with Crippen molar-refractivity contribution in [2.75, 3.05) is 20.2 Å². The van der Waals surface area contributed by atoms with E-state index in [0.29, 0.717) is 13.1 Å². The molecule has 1 aliphatic heterocycles. The summed E-state index contributed by atoms with van der Waals surface area (Å²) in [6.07, 6.45) is 0. The Balaban J connectivity index is 2.33. The second-order valence-electron chi connectivity index (χ2n) is 4.67. The van der Waals surface area contributed by atoms with Gasteiger partial charge >= 0.3 is 5.97 Å². The van der Waals surface area contributed by atoms with Crippen molar-refractivity contribution < 1.29 is 14.6 Å². The summed E-state index contributed by atoms with van der Waals surface area (Å²) in [5, 5.41) is 12.4. The van der Waals surface area contributed by atoms with E-state index in [4.69, 9.17) is 4.74 Å². The van der Waals surface area contributed by atoms with Crippen LogP contribution in [0.2, 0.25) is 0 Å². The smallest absolute Gasteiger partial charge is 0.308 e. The van der Waals surface area contributed by atoms with Crippen molar-refractivity contribution in [3.8, 4) is 5.75 Å². The third-order valence-electron chi connectivity index (χ3n) is 3.66. The van der Waals surface area contributed by atoms with Gasteiger partial charge in [0.1, 0.15) is 5.75 Å². The quantitative estimate of drug-likeness (QED) is 0.828. The summed E-state index contributed by atoms with van der Waals surface area (Å²) in [4.78, 5) is 11.2. The molecule has 2 unspecified atom stereocenters. The highest BCUT2D eigenvalue weighted by Gasteiger charge is 2.44. The van der Waals surface area contributed by atoms with E-state index in [0.717, 1.165) is 11.3 Å². The first-order chi connectivity index (χ1) is 8.08. The van der Waals surface area contributed by atoms with Crippen LogP contribution in [0.4, 0.5) is 0 Å². The van der Waals surface area contributed by atoms with Crippen LogP contribution in [0, 0.1) is 5.92 Å². The number of carboxylic acids is 1.